The molecule has 0 aliphatic rings. The molecule has 0 atom stereocenters. The number of benzene rings is 1. The molecule has 0 aliphatic heterocycles. The van der Waals surface area contributed by atoms with Gasteiger partial charge in [-0.15, -0.1) is 0 Å². The Hall–Kier alpha value is -2.06. The van der Waals surface area contributed by atoms with Crippen molar-refractivity contribution in [2.45, 2.75) is 41.5 Å². The first-order chi connectivity index (χ1) is 12.3. The molecule has 0 N–H and O–H groups in total. The van der Waals surface area contributed by atoms with Crippen LogP contribution in [0.2, 0.25) is 0 Å². The van der Waals surface area contributed by atoms with Gasteiger partial charge in [-0.3, -0.25) is 0 Å². The number of rotatable bonds is 5. The SMILES string of the molecule is C=C(/C=C(Cl)\C(=C/C)C(C)C)n1ccnc1-c1ccccc1.CC(C)C. The zero-order valence-electron chi connectivity index (χ0n) is 16.8. The highest BCUT2D eigenvalue weighted by Gasteiger charge is 2.10. The quantitative estimate of drug-likeness (QED) is 0.501. The van der Waals surface area contributed by atoms with Crippen LogP contribution < -0.4 is 0 Å². The summed E-state index contributed by atoms with van der Waals surface area (Å²) in [5.74, 6) is 2.07. The van der Waals surface area contributed by atoms with Crippen LogP contribution in [0.15, 0.2) is 72.1 Å². The average molecular weight is 371 g/mol. The zero-order valence-corrected chi connectivity index (χ0v) is 17.6. The number of nitrogens with zero attached hydrogens (tertiary/aromatic N) is 2. The Bertz CT molecular complexity index is 747. The highest BCUT2D eigenvalue weighted by atomic mass is 35.5. The summed E-state index contributed by atoms with van der Waals surface area (Å²) in [5, 5.41) is 0.718. The lowest BCUT2D eigenvalue weighted by atomic mass is 10.0. The van der Waals surface area contributed by atoms with Gasteiger partial charge in [0.05, 0.1) is 0 Å². The van der Waals surface area contributed by atoms with E-state index in [9.17, 15) is 0 Å². The zero-order chi connectivity index (χ0) is 19.7. The van der Waals surface area contributed by atoms with Crippen LogP contribution in [0, 0.1) is 11.8 Å². The van der Waals surface area contributed by atoms with Gasteiger partial charge in [0, 0.05) is 28.7 Å². The first kappa shape index (κ1) is 22.0. The molecule has 3 heteroatoms. The summed E-state index contributed by atoms with van der Waals surface area (Å²) in [6, 6.07) is 10.0. The van der Waals surface area contributed by atoms with Crippen LogP contribution in [0.3, 0.4) is 0 Å². The van der Waals surface area contributed by atoms with Crippen LogP contribution in [0.4, 0.5) is 0 Å². The lowest BCUT2D eigenvalue weighted by molar-refractivity contribution is 0.737. The summed E-state index contributed by atoms with van der Waals surface area (Å²) in [6.45, 7) is 16.9. The maximum atomic E-state index is 6.45. The van der Waals surface area contributed by atoms with Crippen molar-refractivity contribution in [1.82, 2.24) is 9.55 Å². The third-order valence-corrected chi connectivity index (χ3v) is 3.81. The fourth-order valence-electron chi connectivity index (χ4n) is 2.38. The molecule has 1 aromatic heterocycles. The highest BCUT2D eigenvalue weighted by molar-refractivity contribution is 6.32. The van der Waals surface area contributed by atoms with Crippen molar-refractivity contribution in [1.29, 1.82) is 0 Å². The number of hydrogen-bond acceptors (Lipinski definition) is 1. The molecule has 2 nitrogen and oxygen atoms in total. The molecule has 0 radical (unpaired) electrons. The van der Waals surface area contributed by atoms with Crippen molar-refractivity contribution >= 4 is 17.3 Å². The summed E-state index contributed by atoms with van der Waals surface area (Å²) >= 11 is 6.45. The molecule has 1 heterocycles. The normalized spacial score (nSPS) is 12.2. The van der Waals surface area contributed by atoms with E-state index in [0.29, 0.717) is 5.92 Å². The van der Waals surface area contributed by atoms with Crippen LogP contribution in [0.1, 0.15) is 41.5 Å². The highest BCUT2D eigenvalue weighted by Crippen LogP contribution is 2.26. The Balaban J connectivity index is 0.000000765. The lowest BCUT2D eigenvalue weighted by Gasteiger charge is -2.12. The number of imidazole rings is 1. The van der Waals surface area contributed by atoms with Gasteiger partial charge in [0.1, 0.15) is 5.82 Å². The molecule has 0 unspecified atom stereocenters. The molecule has 2 rings (SSSR count). The summed E-state index contributed by atoms with van der Waals surface area (Å²) in [5.41, 5.74) is 2.96. The topological polar surface area (TPSA) is 17.8 Å². The van der Waals surface area contributed by atoms with Gasteiger partial charge in [-0.1, -0.05) is 89.2 Å². The summed E-state index contributed by atoms with van der Waals surface area (Å²) in [6.07, 6.45) is 7.61. The molecule has 0 amide bonds. The van der Waals surface area contributed by atoms with Crippen LogP contribution in [0.25, 0.3) is 17.1 Å². The van der Waals surface area contributed by atoms with Gasteiger partial charge >= 0.3 is 0 Å². The first-order valence-corrected chi connectivity index (χ1v) is 9.47. The largest absolute Gasteiger partial charge is 0.300 e. The Morgan fingerprint density at radius 1 is 1.12 bits per heavy atom. The second-order valence-corrected chi connectivity index (χ2v) is 7.51. The summed E-state index contributed by atoms with van der Waals surface area (Å²) in [7, 11) is 0. The molecular weight excluding hydrogens is 340 g/mol. The van der Waals surface area contributed by atoms with E-state index in [1.165, 1.54) is 0 Å². The van der Waals surface area contributed by atoms with E-state index >= 15 is 0 Å². The molecule has 0 aliphatic carbocycles. The maximum Gasteiger partial charge on any atom is 0.144 e. The van der Waals surface area contributed by atoms with Gasteiger partial charge in [-0.2, -0.15) is 0 Å². The second kappa shape index (κ2) is 10.8. The van der Waals surface area contributed by atoms with E-state index in [1.807, 2.05) is 60.2 Å². The Morgan fingerprint density at radius 2 is 1.69 bits per heavy atom. The standard InChI is InChI=1S/C19H21ClN2.C4H10/c1-5-17(14(2)3)18(20)13-15(4)22-12-11-21-19(22)16-9-7-6-8-10-16;1-4(2)3/h5-14H,4H2,1-3H3;4H,1-3H3/b17-5-,18-13+;. The second-order valence-electron chi connectivity index (χ2n) is 7.10. The molecular formula is C23H31ClN2. The molecule has 1 aromatic carbocycles. The molecule has 0 saturated carbocycles. The summed E-state index contributed by atoms with van der Waals surface area (Å²) < 4.78 is 1.95. The number of allylic oxidation sites excluding steroid dienone is 5. The van der Waals surface area contributed by atoms with Crippen LogP contribution in [-0.2, 0) is 0 Å². The number of hydrogen-bond donors (Lipinski definition) is 0. The molecule has 0 fully saturated rings. The maximum absolute atomic E-state index is 6.45. The molecule has 0 bridgehead atoms. The van der Waals surface area contributed by atoms with E-state index in [0.717, 1.165) is 33.6 Å². The van der Waals surface area contributed by atoms with E-state index in [-0.39, 0.29) is 0 Å². The van der Waals surface area contributed by atoms with E-state index in [1.54, 1.807) is 6.20 Å². The Kier molecular flexibility index (Phi) is 9.15. The van der Waals surface area contributed by atoms with Crippen molar-refractivity contribution in [2.24, 2.45) is 11.8 Å². The predicted molar refractivity (Wildman–Crippen MR) is 116 cm³/mol. The number of aromatic nitrogens is 2. The van der Waals surface area contributed by atoms with Crippen molar-refractivity contribution < 1.29 is 0 Å². The van der Waals surface area contributed by atoms with Crippen molar-refractivity contribution in [2.75, 3.05) is 0 Å². The van der Waals surface area contributed by atoms with Gasteiger partial charge in [0.2, 0.25) is 0 Å². The van der Waals surface area contributed by atoms with Gasteiger partial charge < -0.3 is 4.57 Å². The lowest BCUT2D eigenvalue weighted by Crippen LogP contribution is -1.98. The third-order valence-electron chi connectivity index (χ3n) is 3.48. The average Bonchev–Trinajstić information content (AvgIpc) is 3.05. The molecule has 140 valence electrons. The van der Waals surface area contributed by atoms with Gasteiger partial charge in [0.25, 0.3) is 0 Å². The van der Waals surface area contributed by atoms with Gasteiger partial charge in [-0.05, 0) is 30.4 Å². The van der Waals surface area contributed by atoms with Crippen LogP contribution in [0.5, 0.6) is 0 Å². The van der Waals surface area contributed by atoms with Crippen molar-refractivity contribution in [3.8, 4) is 11.4 Å². The number of halogens is 1. The third kappa shape index (κ3) is 6.68. The van der Waals surface area contributed by atoms with E-state index in [2.05, 4.69) is 46.2 Å². The fraction of sp³-hybridized carbons (Fsp3) is 0.348. The minimum absolute atomic E-state index is 0.373. The molecule has 26 heavy (non-hydrogen) atoms. The molecule has 0 spiro atoms. The van der Waals surface area contributed by atoms with Gasteiger partial charge in [-0.25, -0.2) is 4.98 Å². The van der Waals surface area contributed by atoms with E-state index in [4.69, 9.17) is 11.6 Å². The monoisotopic (exact) mass is 370 g/mol. The smallest absolute Gasteiger partial charge is 0.144 e. The predicted octanol–water partition coefficient (Wildman–Crippen LogP) is 7.41. The van der Waals surface area contributed by atoms with E-state index < -0.39 is 0 Å². The van der Waals surface area contributed by atoms with Crippen LogP contribution >= 0.6 is 11.6 Å². The Labute approximate surface area is 163 Å². The minimum Gasteiger partial charge on any atom is -0.300 e. The summed E-state index contributed by atoms with van der Waals surface area (Å²) in [4.78, 5) is 4.43. The fourth-order valence-corrected chi connectivity index (χ4v) is 2.84. The molecule has 0 saturated heterocycles. The van der Waals surface area contributed by atoms with Gasteiger partial charge in [0.15, 0.2) is 0 Å². The van der Waals surface area contributed by atoms with Crippen molar-refractivity contribution in [3.05, 3.63) is 72.1 Å². The van der Waals surface area contributed by atoms with Crippen LogP contribution in [-0.4, -0.2) is 9.55 Å². The minimum atomic E-state index is 0.373. The van der Waals surface area contributed by atoms with Crippen molar-refractivity contribution in [3.63, 3.8) is 0 Å². The first-order valence-electron chi connectivity index (χ1n) is 9.09. The molecule has 2 aromatic rings. The Morgan fingerprint density at radius 3 is 2.19 bits per heavy atom.